The largest absolute Gasteiger partial charge is 0.461 e. The molecule has 5 rings (SSSR count). The summed E-state index contributed by atoms with van der Waals surface area (Å²) in [4.78, 5) is 50.6. The Hall–Kier alpha value is -4.92. The van der Waals surface area contributed by atoms with E-state index in [9.17, 15) is 24.2 Å². The Morgan fingerprint density at radius 2 is 1.68 bits per heavy atom. The van der Waals surface area contributed by atoms with Crippen LogP contribution in [0, 0.1) is 23.2 Å². The molecule has 2 saturated heterocycles. The predicted molar refractivity (Wildman–Crippen MR) is 204 cm³/mol. The molecule has 2 aromatic heterocycles. The molecule has 4 heterocycles. The maximum atomic E-state index is 14.7. The first-order valence-corrected chi connectivity index (χ1v) is 20.2. The zero-order valence-electron chi connectivity index (χ0n) is 33.3. The number of para-hydroxylation sites is 1. The standard InChI is InChI=1S/C38H50N7O11P/c1-23(2)35(46)53-32-31(29-14-15-30-34(40-22-41-45(29)30)42-26(6)44(7)8)55-38(20-39,33(32)54-36(47)24(3)4)21-51-57(49,56-28-12-10-9-11-13-28)43-25(5)37(48)52-27-16-18-50-19-17-27/h9-15,22-25,27,31-33H,16-19,21H2,1-8H3,(H,43,49)/b42-26+/t25?,31-,32-,33-,38+,57?/m0/s1. The molecule has 0 bridgehead atoms. The molecule has 19 heteroatoms. The van der Waals surface area contributed by atoms with Gasteiger partial charge in [-0.3, -0.25) is 18.9 Å². The van der Waals surface area contributed by atoms with Crippen molar-refractivity contribution in [3.05, 3.63) is 54.5 Å². The van der Waals surface area contributed by atoms with Gasteiger partial charge in [0.1, 0.15) is 54.4 Å². The Balaban J connectivity index is 1.56. The van der Waals surface area contributed by atoms with E-state index < -0.39 is 80.2 Å². The number of ether oxygens (including phenoxy) is 5. The number of aliphatic imine (C=N–C) groups is 1. The van der Waals surface area contributed by atoms with Crippen molar-refractivity contribution in [2.24, 2.45) is 16.8 Å². The van der Waals surface area contributed by atoms with Crippen molar-refractivity contribution in [2.75, 3.05) is 33.9 Å². The molecule has 0 spiro atoms. The molecule has 0 aliphatic carbocycles. The van der Waals surface area contributed by atoms with Gasteiger partial charge >= 0.3 is 25.7 Å². The monoisotopic (exact) mass is 811 g/mol. The molecule has 1 aromatic carbocycles. The second-order valence-electron chi connectivity index (χ2n) is 14.6. The molecule has 2 aliphatic rings. The highest BCUT2D eigenvalue weighted by atomic mass is 31.2. The molecule has 2 unspecified atom stereocenters. The van der Waals surface area contributed by atoms with Crippen LogP contribution >= 0.6 is 7.75 Å². The van der Waals surface area contributed by atoms with Crippen LogP contribution in [-0.2, 0) is 47.2 Å². The maximum Gasteiger partial charge on any atom is 0.459 e. The van der Waals surface area contributed by atoms with Crippen LogP contribution in [0.1, 0.15) is 66.2 Å². The number of amidine groups is 1. The van der Waals surface area contributed by atoms with E-state index in [1.54, 1.807) is 58.0 Å². The summed E-state index contributed by atoms with van der Waals surface area (Å²) in [5, 5.41) is 18.0. The molecule has 18 nitrogen and oxygen atoms in total. The van der Waals surface area contributed by atoms with E-state index in [-0.39, 0.29) is 5.75 Å². The molecule has 0 radical (unpaired) electrons. The Morgan fingerprint density at radius 3 is 2.32 bits per heavy atom. The van der Waals surface area contributed by atoms with Crippen LogP contribution in [0.5, 0.6) is 5.75 Å². The molecule has 308 valence electrons. The highest BCUT2D eigenvalue weighted by Crippen LogP contribution is 2.50. The third kappa shape index (κ3) is 10.3. The number of hydrogen-bond donors (Lipinski definition) is 1. The van der Waals surface area contributed by atoms with E-state index in [1.165, 1.54) is 29.9 Å². The maximum absolute atomic E-state index is 14.7. The number of nitriles is 1. The number of hydrogen-bond acceptors (Lipinski definition) is 15. The van der Waals surface area contributed by atoms with Crippen LogP contribution in [-0.4, -0.2) is 107 Å². The fourth-order valence-electron chi connectivity index (χ4n) is 5.81. The van der Waals surface area contributed by atoms with E-state index in [4.69, 9.17) is 32.7 Å². The summed E-state index contributed by atoms with van der Waals surface area (Å²) in [5.74, 6) is -2.35. The number of nitrogens with one attached hydrogen (secondary N) is 1. The molecular formula is C38H50N7O11P. The summed E-state index contributed by atoms with van der Waals surface area (Å²) in [5.41, 5.74) is -1.53. The number of rotatable bonds is 15. The van der Waals surface area contributed by atoms with E-state index in [1.807, 2.05) is 25.9 Å². The molecule has 6 atom stereocenters. The summed E-state index contributed by atoms with van der Waals surface area (Å²) in [7, 11) is -0.932. The average Bonchev–Trinajstić information content (AvgIpc) is 3.74. The topological polar surface area (TPSA) is 214 Å². The van der Waals surface area contributed by atoms with Gasteiger partial charge in [-0.2, -0.15) is 15.4 Å². The smallest absolute Gasteiger partial charge is 0.459 e. The van der Waals surface area contributed by atoms with Crippen molar-refractivity contribution in [1.29, 1.82) is 5.26 Å². The number of aromatic nitrogens is 3. The van der Waals surface area contributed by atoms with Crippen LogP contribution in [0.3, 0.4) is 0 Å². The van der Waals surface area contributed by atoms with Gasteiger partial charge in [0.2, 0.25) is 5.60 Å². The van der Waals surface area contributed by atoms with Crippen molar-refractivity contribution in [3.63, 3.8) is 0 Å². The number of carbonyl (C=O) groups is 3. The third-order valence-corrected chi connectivity index (χ3v) is 10.9. The number of nitrogens with zero attached hydrogens (tertiary/aromatic N) is 6. The molecule has 2 fully saturated rings. The van der Waals surface area contributed by atoms with Gasteiger partial charge in [-0.05, 0) is 38.1 Å². The molecule has 2 aliphatic heterocycles. The molecule has 57 heavy (non-hydrogen) atoms. The molecule has 3 aromatic rings. The van der Waals surface area contributed by atoms with E-state index in [0.717, 1.165) is 0 Å². The van der Waals surface area contributed by atoms with Crippen LogP contribution in [0.2, 0.25) is 0 Å². The predicted octanol–water partition coefficient (Wildman–Crippen LogP) is 4.71. The average molecular weight is 812 g/mol. The number of esters is 3. The minimum Gasteiger partial charge on any atom is -0.461 e. The van der Waals surface area contributed by atoms with Gasteiger partial charge in [0.05, 0.1) is 30.7 Å². The highest BCUT2D eigenvalue weighted by molar-refractivity contribution is 7.52. The first-order chi connectivity index (χ1) is 27.1. The van der Waals surface area contributed by atoms with E-state index in [2.05, 4.69) is 26.2 Å². The summed E-state index contributed by atoms with van der Waals surface area (Å²) in [6, 6.07) is 12.2. The van der Waals surface area contributed by atoms with Crippen molar-refractivity contribution >= 4 is 42.8 Å². The number of benzene rings is 1. The zero-order chi connectivity index (χ0) is 41.5. The Labute approximate surface area is 331 Å². The second kappa shape index (κ2) is 18.6. The van der Waals surface area contributed by atoms with Crippen LogP contribution in [0.25, 0.3) is 5.52 Å². The van der Waals surface area contributed by atoms with Crippen LogP contribution in [0.15, 0.2) is 53.8 Å². The number of fused-ring (bicyclic) bond motifs is 1. The van der Waals surface area contributed by atoms with Crippen molar-refractivity contribution in [2.45, 2.75) is 90.4 Å². The van der Waals surface area contributed by atoms with Crippen LogP contribution < -0.4 is 9.61 Å². The van der Waals surface area contributed by atoms with E-state index in [0.29, 0.717) is 48.9 Å². The second-order valence-corrected chi connectivity index (χ2v) is 16.3. The van der Waals surface area contributed by atoms with Gasteiger partial charge in [0, 0.05) is 26.9 Å². The lowest BCUT2D eigenvalue weighted by molar-refractivity contribution is -0.173. The molecule has 0 saturated carbocycles. The van der Waals surface area contributed by atoms with Crippen molar-refractivity contribution in [3.8, 4) is 11.8 Å². The van der Waals surface area contributed by atoms with Crippen LogP contribution in [0.4, 0.5) is 5.82 Å². The Bertz CT molecular complexity index is 2010. The third-order valence-electron chi connectivity index (χ3n) is 9.26. The summed E-state index contributed by atoms with van der Waals surface area (Å²) in [6.45, 7) is 9.68. The van der Waals surface area contributed by atoms with Gasteiger partial charge < -0.3 is 33.1 Å². The van der Waals surface area contributed by atoms with Crippen molar-refractivity contribution < 1.29 is 51.7 Å². The number of carbonyl (C=O) groups excluding carboxylic acids is 3. The van der Waals surface area contributed by atoms with Crippen molar-refractivity contribution in [1.82, 2.24) is 24.6 Å². The minimum absolute atomic E-state index is 0.114. The molecule has 1 N–H and O–H groups in total. The zero-order valence-corrected chi connectivity index (χ0v) is 34.2. The summed E-state index contributed by atoms with van der Waals surface area (Å²) in [6.07, 6.45) is -2.48. The lowest BCUT2D eigenvalue weighted by atomic mass is 9.95. The van der Waals surface area contributed by atoms with Gasteiger partial charge in [0.15, 0.2) is 18.0 Å². The normalized spacial score (nSPS) is 23.1. The lowest BCUT2D eigenvalue weighted by Gasteiger charge is -2.31. The molecular weight excluding hydrogens is 761 g/mol. The van der Waals surface area contributed by atoms with Gasteiger partial charge in [0.25, 0.3) is 0 Å². The van der Waals surface area contributed by atoms with Gasteiger partial charge in [-0.15, -0.1) is 0 Å². The first kappa shape index (κ1) is 43.2. The summed E-state index contributed by atoms with van der Waals surface area (Å²) >= 11 is 0. The molecule has 0 amide bonds. The fourth-order valence-corrected chi connectivity index (χ4v) is 7.33. The Kier molecular flexibility index (Phi) is 14.1. The lowest BCUT2D eigenvalue weighted by Crippen LogP contribution is -2.50. The quantitative estimate of drug-likeness (QED) is 0.0723. The van der Waals surface area contributed by atoms with Gasteiger partial charge in [-0.25, -0.2) is 19.1 Å². The Morgan fingerprint density at radius 1 is 1.02 bits per heavy atom. The first-order valence-electron chi connectivity index (χ1n) is 18.7. The highest BCUT2D eigenvalue weighted by Gasteiger charge is 2.62. The van der Waals surface area contributed by atoms with E-state index >= 15 is 0 Å². The van der Waals surface area contributed by atoms with Gasteiger partial charge in [-0.1, -0.05) is 45.9 Å². The summed E-state index contributed by atoms with van der Waals surface area (Å²) < 4.78 is 57.5. The minimum atomic E-state index is -4.60. The SMILES string of the molecule is C/C(=N\c1ncnn2c([C@@H]3O[C@](C#N)(COP(=O)(NC(C)C(=O)OC4CCOCC4)Oc4ccccc4)[C@@H](OC(=O)C(C)C)[C@H]3OC(=O)C(C)C)ccc12)N(C)C. The fraction of sp³-hybridized carbons (Fsp3) is 0.553.